The highest BCUT2D eigenvalue weighted by Crippen LogP contribution is 2.15. The Bertz CT molecular complexity index is 298. The van der Waals surface area contributed by atoms with Crippen LogP contribution in [0.25, 0.3) is 0 Å². The Balaban J connectivity index is 2.79. The lowest BCUT2D eigenvalue weighted by atomic mass is 9.97. The molecule has 0 bridgehead atoms. The van der Waals surface area contributed by atoms with E-state index in [1.807, 2.05) is 44.2 Å². The van der Waals surface area contributed by atoms with Crippen molar-refractivity contribution >= 4 is 5.78 Å². The summed E-state index contributed by atoms with van der Waals surface area (Å²) >= 11 is 0. The standard InChI is InChI=1S/C12H14O/c1-3-7-12(13)10(2)11-8-5-4-6-9-11/h3-10H,1-2H3/b7-3+/t10-/m1/s1. The first-order chi connectivity index (χ1) is 6.25. The lowest BCUT2D eigenvalue weighted by molar-refractivity contribution is -0.115. The molecule has 1 aromatic carbocycles. The molecule has 1 rings (SSSR count). The first kappa shape index (κ1) is 9.72. The quantitative estimate of drug-likeness (QED) is 0.644. The van der Waals surface area contributed by atoms with E-state index in [0.29, 0.717) is 0 Å². The number of hydrogen-bond acceptors (Lipinski definition) is 1. The summed E-state index contributed by atoms with van der Waals surface area (Å²) in [6.45, 7) is 3.78. The molecular formula is C12H14O. The van der Waals surface area contributed by atoms with Crippen molar-refractivity contribution in [3.05, 3.63) is 48.0 Å². The zero-order valence-electron chi connectivity index (χ0n) is 8.03. The highest BCUT2D eigenvalue weighted by Gasteiger charge is 2.10. The molecule has 0 aliphatic carbocycles. The number of carbonyl (C=O) groups is 1. The summed E-state index contributed by atoms with van der Waals surface area (Å²) in [5.74, 6) is 0.131. The van der Waals surface area contributed by atoms with E-state index in [9.17, 15) is 4.79 Å². The fraction of sp³-hybridized carbons (Fsp3) is 0.250. The molecule has 1 nitrogen and oxygen atoms in total. The smallest absolute Gasteiger partial charge is 0.162 e. The van der Waals surface area contributed by atoms with Crippen LogP contribution >= 0.6 is 0 Å². The van der Waals surface area contributed by atoms with Crippen LogP contribution in [-0.4, -0.2) is 5.78 Å². The number of allylic oxidation sites excluding steroid dienone is 2. The first-order valence-electron chi connectivity index (χ1n) is 4.47. The van der Waals surface area contributed by atoms with E-state index in [2.05, 4.69) is 0 Å². The maximum atomic E-state index is 11.5. The van der Waals surface area contributed by atoms with Crippen LogP contribution in [0.2, 0.25) is 0 Å². The largest absolute Gasteiger partial charge is 0.294 e. The molecule has 1 aromatic rings. The van der Waals surface area contributed by atoms with Crippen molar-refractivity contribution in [3.8, 4) is 0 Å². The second-order valence-corrected chi connectivity index (χ2v) is 3.03. The Kier molecular flexibility index (Phi) is 3.44. The van der Waals surface area contributed by atoms with Gasteiger partial charge in [0.15, 0.2) is 5.78 Å². The molecule has 0 amide bonds. The normalized spacial score (nSPS) is 13.1. The van der Waals surface area contributed by atoms with Gasteiger partial charge in [0.25, 0.3) is 0 Å². The summed E-state index contributed by atoms with van der Waals surface area (Å²) in [6.07, 6.45) is 3.40. The van der Waals surface area contributed by atoms with Gasteiger partial charge in [-0.05, 0) is 18.6 Å². The third-order valence-electron chi connectivity index (χ3n) is 2.06. The molecule has 0 fully saturated rings. The third kappa shape index (κ3) is 2.55. The zero-order valence-corrected chi connectivity index (χ0v) is 8.03. The predicted octanol–water partition coefficient (Wildman–Crippen LogP) is 2.94. The van der Waals surface area contributed by atoms with Crippen LogP contribution in [0.5, 0.6) is 0 Å². The number of carbonyl (C=O) groups excluding carboxylic acids is 1. The number of ketones is 1. The molecule has 13 heavy (non-hydrogen) atoms. The van der Waals surface area contributed by atoms with Crippen molar-refractivity contribution in [1.29, 1.82) is 0 Å². The van der Waals surface area contributed by atoms with Gasteiger partial charge in [-0.1, -0.05) is 43.3 Å². The van der Waals surface area contributed by atoms with E-state index in [-0.39, 0.29) is 11.7 Å². The lowest BCUT2D eigenvalue weighted by Crippen LogP contribution is -2.05. The van der Waals surface area contributed by atoms with Gasteiger partial charge in [-0.3, -0.25) is 4.79 Å². The van der Waals surface area contributed by atoms with Gasteiger partial charge in [0.2, 0.25) is 0 Å². The molecule has 0 saturated carbocycles. The van der Waals surface area contributed by atoms with E-state index in [1.165, 1.54) is 0 Å². The van der Waals surface area contributed by atoms with Gasteiger partial charge in [-0.25, -0.2) is 0 Å². The van der Waals surface area contributed by atoms with E-state index >= 15 is 0 Å². The maximum absolute atomic E-state index is 11.5. The molecule has 0 heterocycles. The second-order valence-electron chi connectivity index (χ2n) is 3.03. The topological polar surface area (TPSA) is 17.1 Å². The fourth-order valence-electron chi connectivity index (χ4n) is 1.21. The molecule has 0 spiro atoms. The van der Waals surface area contributed by atoms with Crippen molar-refractivity contribution in [2.45, 2.75) is 19.8 Å². The van der Waals surface area contributed by atoms with E-state index < -0.39 is 0 Å². The van der Waals surface area contributed by atoms with Gasteiger partial charge in [-0.15, -0.1) is 0 Å². The SMILES string of the molecule is C/C=C/C(=O)[C@H](C)c1ccccc1. The van der Waals surface area contributed by atoms with Crippen LogP contribution in [0.15, 0.2) is 42.5 Å². The summed E-state index contributed by atoms with van der Waals surface area (Å²) < 4.78 is 0. The minimum atomic E-state index is -0.0302. The van der Waals surface area contributed by atoms with E-state index in [1.54, 1.807) is 12.2 Å². The van der Waals surface area contributed by atoms with Gasteiger partial charge < -0.3 is 0 Å². The molecule has 0 aliphatic rings. The van der Waals surface area contributed by atoms with Crippen molar-refractivity contribution < 1.29 is 4.79 Å². The average Bonchev–Trinajstić information content (AvgIpc) is 2.18. The maximum Gasteiger partial charge on any atom is 0.162 e. The van der Waals surface area contributed by atoms with E-state index in [4.69, 9.17) is 0 Å². The summed E-state index contributed by atoms with van der Waals surface area (Å²) in [7, 11) is 0. The van der Waals surface area contributed by atoms with Crippen molar-refractivity contribution in [2.75, 3.05) is 0 Å². The Morgan fingerprint density at radius 2 is 1.92 bits per heavy atom. The Morgan fingerprint density at radius 3 is 2.46 bits per heavy atom. The molecule has 0 unspecified atom stereocenters. The minimum absolute atomic E-state index is 0.0302. The molecule has 68 valence electrons. The van der Waals surface area contributed by atoms with Crippen LogP contribution < -0.4 is 0 Å². The van der Waals surface area contributed by atoms with Crippen LogP contribution in [-0.2, 0) is 4.79 Å². The third-order valence-corrected chi connectivity index (χ3v) is 2.06. The second kappa shape index (κ2) is 4.61. The van der Waals surface area contributed by atoms with Crippen molar-refractivity contribution in [1.82, 2.24) is 0 Å². The molecular weight excluding hydrogens is 160 g/mol. The van der Waals surface area contributed by atoms with Crippen LogP contribution in [0.1, 0.15) is 25.3 Å². The van der Waals surface area contributed by atoms with Gasteiger partial charge in [0.1, 0.15) is 0 Å². The average molecular weight is 174 g/mol. The van der Waals surface area contributed by atoms with Gasteiger partial charge in [0.05, 0.1) is 0 Å². The lowest BCUT2D eigenvalue weighted by Gasteiger charge is -2.06. The van der Waals surface area contributed by atoms with E-state index in [0.717, 1.165) is 5.56 Å². The monoisotopic (exact) mass is 174 g/mol. The zero-order chi connectivity index (χ0) is 9.68. The van der Waals surface area contributed by atoms with Crippen LogP contribution in [0.3, 0.4) is 0 Å². The van der Waals surface area contributed by atoms with Crippen molar-refractivity contribution in [2.24, 2.45) is 0 Å². The molecule has 0 N–H and O–H groups in total. The predicted molar refractivity (Wildman–Crippen MR) is 54.7 cm³/mol. The number of rotatable bonds is 3. The van der Waals surface area contributed by atoms with Crippen LogP contribution in [0, 0.1) is 0 Å². The Hall–Kier alpha value is -1.37. The molecule has 1 heteroatoms. The summed E-state index contributed by atoms with van der Waals surface area (Å²) in [5.41, 5.74) is 1.07. The molecule has 0 radical (unpaired) electrons. The minimum Gasteiger partial charge on any atom is -0.294 e. The Morgan fingerprint density at radius 1 is 1.31 bits per heavy atom. The summed E-state index contributed by atoms with van der Waals surface area (Å²) in [5, 5.41) is 0. The fourth-order valence-corrected chi connectivity index (χ4v) is 1.21. The van der Waals surface area contributed by atoms with Crippen molar-refractivity contribution in [3.63, 3.8) is 0 Å². The molecule has 0 saturated heterocycles. The highest BCUT2D eigenvalue weighted by atomic mass is 16.1. The number of hydrogen-bond donors (Lipinski definition) is 0. The summed E-state index contributed by atoms with van der Waals surface area (Å²) in [4.78, 5) is 11.5. The van der Waals surface area contributed by atoms with Crippen LogP contribution in [0.4, 0.5) is 0 Å². The van der Waals surface area contributed by atoms with Gasteiger partial charge >= 0.3 is 0 Å². The molecule has 0 aliphatic heterocycles. The van der Waals surface area contributed by atoms with Gasteiger partial charge in [-0.2, -0.15) is 0 Å². The molecule has 0 aromatic heterocycles. The first-order valence-corrected chi connectivity index (χ1v) is 4.47. The number of benzene rings is 1. The molecule has 1 atom stereocenters. The highest BCUT2D eigenvalue weighted by molar-refractivity contribution is 5.94. The van der Waals surface area contributed by atoms with Gasteiger partial charge in [0, 0.05) is 5.92 Å². The Labute approximate surface area is 79.1 Å². The summed E-state index contributed by atoms with van der Waals surface area (Å²) in [6, 6.07) is 9.82.